The first kappa shape index (κ1) is 13.4. The Bertz CT molecular complexity index is 673. The number of halogens is 1. The molecule has 0 saturated carbocycles. The zero-order valence-electron chi connectivity index (χ0n) is 10.8. The molecular formula is C16H14BrNO2. The number of aliphatic hydroxyl groups excluding tert-OH is 1. The Morgan fingerprint density at radius 3 is 2.80 bits per heavy atom. The van der Waals surface area contributed by atoms with Gasteiger partial charge in [0.1, 0.15) is 17.3 Å². The molecule has 0 saturated heterocycles. The van der Waals surface area contributed by atoms with E-state index in [1.807, 2.05) is 24.3 Å². The minimum absolute atomic E-state index is 0.426. The molecule has 1 aromatic carbocycles. The Balaban J connectivity index is 2.12. The molecule has 0 radical (unpaired) electrons. The van der Waals surface area contributed by atoms with Crippen molar-refractivity contribution in [1.82, 2.24) is 0 Å². The van der Waals surface area contributed by atoms with E-state index in [0.717, 1.165) is 24.0 Å². The van der Waals surface area contributed by atoms with Crippen LogP contribution in [-0.4, -0.2) is 5.11 Å². The van der Waals surface area contributed by atoms with E-state index in [9.17, 15) is 10.4 Å². The Labute approximate surface area is 126 Å². The van der Waals surface area contributed by atoms with Crippen molar-refractivity contribution in [3.63, 3.8) is 0 Å². The molecule has 0 aliphatic heterocycles. The average molecular weight is 332 g/mol. The third kappa shape index (κ3) is 1.98. The van der Waals surface area contributed by atoms with Gasteiger partial charge in [0.25, 0.3) is 0 Å². The second-order valence-corrected chi connectivity index (χ2v) is 5.92. The Hall–Kier alpha value is -1.57. The van der Waals surface area contributed by atoms with Gasteiger partial charge in [-0.15, -0.1) is 0 Å². The van der Waals surface area contributed by atoms with Gasteiger partial charge in [0.15, 0.2) is 4.67 Å². The summed E-state index contributed by atoms with van der Waals surface area (Å²) in [6.07, 6.45) is 1.53. The van der Waals surface area contributed by atoms with Crippen molar-refractivity contribution in [3.8, 4) is 6.07 Å². The van der Waals surface area contributed by atoms with Gasteiger partial charge in [-0.25, -0.2) is 0 Å². The summed E-state index contributed by atoms with van der Waals surface area (Å²) in [5, 5.41) is 20.5. The molecule has 2 aromatic rings. The summed E-state index contributed by atoms with van der Waals surface area (Å²) in [4.78, 5) is 0. The number of furan rings is 1. The number of hydrogen-bond donors (Lipinski definition) is 1. The van der Waals surface area contributed by atoms with Gasteiger partial charge in [0.05, 0.1) is 6.07 Å². The quantitative estimate of drug-likeness (QED) is 0.908. The van der Waals surface area contributed by atoms with Gasteiger partial charge in [0, 0.05) is 0 Å². The summed E-state index contributed by atoms with van der Waals surface area (Å²) in [5.41, 5.74) is 1.14. The van der Waals surface area contributed by atoms with E-state index < -0.39 is 11.5 Å². The molecule has 20 heavy (non-hydrogen) atoms. The number of fused-ring (bicyclic) bond motifs is 1. The van der Waals surface area contributed by atoms with Gasteiger partial charge in [-0.05, 0) is 58.5 Å². The zero-order valence-corrected chi connectivity index (χ0v) is 12.4. The predicted molar refractivity (Wildman–Crippen MR) is 78.0 cm³/mol. The number of nitriles is 1. The molecule has 0 spiro atoms. The third-order valence-electron chi connectivity index (χ3n) is 4.04. The summed E-state index contributed by atoms with van der Waals surface area (Å²) in [5.74, 6) is 0.426. The van der Waals surface area contributed by atoms with Crippen molar-refractivity contribution in [2.24, 2.45) is 0 Å². The summed E-state index contributed by atoms with van der Waals surface area (Å²) in [6.45, 7) is 0. The topological polar surface area (TPSA) is 57.2 Å². The van der Waals surface area contributed by atoms with Crippen LogP contribution in [0, 0.1) is 11.3 Å². The van der Waals surface area contributed by atoms with Crippen LogP contribution in [0.25, 0.3) is 0 Å². The first-order valence-electron chi connectivity index (χ1n) is 6.60. The van der Waals surface area contributed by atoms with Gasteiger partial charge in [0.2, 0.25) is 0 Å². The van der Waals surface area contributed by atoms with Crippen LogP contribution in [0.1, 0.15) is 35.8 Å². The van der Waals surface area contributed by atoms with Gasteiger partial charge in [-0.1, -0.05) is 24.3 Å². The van der Waals surface area contributed by atoms with Crippen LogP contribution < -0.4 is 0 Å². The van der Waals surface area contributed by atoms with E-state index in [4.69, 9.17) is 4.42 Å². The molecule has 4 heteroatoms. The van der Waals surface area contributed by atoms with Crippen molar-refractivity contribution >= 4 is 15.9 Å². The molecule has 1 N–H and O–H groups in total. The van der Waals surface area contributed by atoms with Crippen LogP contribution in [0.3, 0.4) is 0 Å². The van der Waals surface area contributed by atoms with Gasteiger partial charge in [-0.2, -0.15) is 5.26 Å². The minimum atomic E-state index is -0.958. The molecule has 2 unspecified atom stereocenters. The molecule has 102 valence electrons. The summed E-state index contributed by atoms with van der Waals surface area (Å²) in [6, 6.07) is 13.7. The molecular weight excluding hydrogens is 318 g/mol. The normalized spacial score (nSPS) is 22.9. The maximum absolute atomic E-state index is 10.7. The fourth-order valence-corrected chi connectivity index (χ4v) is 3.36. The second-order valence-electron chi connectivity index (χ2n) is 5.14. The fraction of sp³-hybridized carbons (Fsp3) is 0.312. The van der Waals surface area contributed by atoms with E-state index >= 15 is 0 Å². The van der Waals surface area contributed by atoms with E-state index in [2.05, 4.69) is 22.0 Å². The molecule has 1 aliphatic rings. The Kier molecular flexibility index (Phi) is 3.41. The van der Waals surface area contributed by atoms with Crippen LogP contribution in [0.15, 0.2) is 45.5 Å². The van der Waals surface area contributed by atoms with Gasteiger partial charge < -0.3 is 9.52 Å². The van der Waals surface area contributed by atoms with E-state index in [1.165, 1.54) is 0 Å². The van der Waals surface area contributed by atoms with E-state index in [-0.39, 0.29) is 0 Å². The number of rotatable bonds is 2. The zero-order chi connectivity index (χ0) is 14.2. The van der Waals surface area contributed by atoms with E-state index in [1.54, 1.807) is 12.1 Å². The van der Waals surface area contributed by atoms with Crippen molar-refractivity contribution in [2.75, 3.05) is 0 Å². The molecule has 1 heterocycles. The monoisotopic (exact) mass is 331 g/mol. The number of benzene rings is 1. The molecule has 3 rings (SSSR count). The van der Waals surface area contributed by atoms with Crippen LogP contribution in [0.2, 0.25) is 0 Å². The highest BCUT2D eigenvalue weighted by Gasteiger charge is 2.45. The third-order valence-corrected chi connectivity index (χ3v) is 4.47. The molecule has 2 atom stereocenters. The SMILES string of the molecule is N#CC1(C(O)c2ccc(Br)o2)CCCc2ccccc21. The van der Waals surface area contributed by atoms with Crippen molar-refractivity contribution < 1.29 is 9.52 Å². The standard InChI is InChI=1S/C16H14BrNO2/c17-14-8-7-13(20-14)15(19)16(10-18)9-3-5-11-4-1-2-6-12(11)16/h1-2,4,6-8,15,19H,3,5,9H2. The smallest absolute Gasteiger partial charge is 0.169 e. The Morgan fingerprint density at radius 1 is 1.30 bits per heavy atom. The highest BCUT2D eigenvalue weighted by atomic mass is 79.9. The Morgan fingerprint density at radius 2 is 2.10 bits per heavy atom. The lowest BCUT2D eigenvalue weighted by molar-refractivity contribution is 0.0773. The molecule has 0 fully saturated rings. The van der Waals surface area contributed by atoms with Gasteiger partial charge in [-0.3, -0.25) is 0 Å². The molecule has 0 bridgehead atoms. The van der Waals surface area contributed by atoms with Gasteiger partial charge >= 0.3 is 0 Å². The molecule has 1 aliphatic carbocycles. The molecule has 3 nitrogen and oxygen atoms in total. The van der Waals surface area contributed by atoms with Crippen LogP contribution >= 0.6 is 15.9 Å². The highest BCUT2D eigenvalue weighted by Crippen LogP contribution is 2.46. The molecule has 0 amide bonds. The molecule has 1 aromatic heterocycles. The maximum Gasteiger partial charge on any atom is 0.169 e. The lowest BCUT2D eigenvalue weighted by Crippen LogP contribution is -2.35. The predicted octanol–water partition coefficient (Wildman–Crippen LogP) is 3.87. The first-order valence-corrected chi connectivity index (χ1v) is 7.39. The number of aryl methyl sites for hydroxylation is 1. The summed E-state index contributed by atoms with van der Waals surface area (Å²) in [7, 11) is 0. The first-order chi connectivity index (χ1) is 9.67. The lowest BCUT2D eigenvalue weighted by Gasteiger charge is -2.36. The number of nitrogens with zero attached hydrogens (tertiary/aromatic N) is 1. The second kappa shape index (κ2) is 5.08. The maximum atomic E-state index is 10.7. The average Bonchev–Trinajstić information content (AvgIpc) is 2.92. The van der Waals surface area contributed by atoms with Crippen molar-refractivity contribution in [2.45, 2.75) is 30.8 Å². The van der Waals surface area contributed by atoms with Crippen LogP contribution in [-0.2, 0) is 11.8 Å². The van der Waals surface area contributed by atoms with Crippen molar-refractivity contribution in [1.29, 1.82) is 5.26 Å². The van der Waals surface area contributed by atoms with Crippen molar-refractivity contribution in [3.05, 3.63) is 58.0 Å². The summed E-state index contributed by atoms with van der Waals surface area (Å²) >= 11 is 3.24. The fourth-order valence-electron chi connectivity index (χ4n) is 3.05. The van der Waals surface area contributed by atoms with E-state index in [0.29, 0.717) is 16.9 Å². The van der Waals surface area contributed by atoms with Crippen LogP contribution in [0.5, 0.6) is 0 Å². The van der Waals surface area contributed by atoms with Crippen LogP contribution in [0.4, 0.5) is 0 Å². The number of aliphatic hydroxyl groups is 1. The minimum Gasteiger partial charge on any atom is -0.452 e. The summed E-state index contributed by atoms with van der Waals surface area (Å²) < 4.78 is 6.01. The highest BCUT2D eigenvalue weighted by molar-refractivity contribution is 9.10. The lowest BCUT2D eigenvalue weighted by atomic mass is 9.67. The largest absolute Gasteiger partial charge is 0.452 e. The number of hydrogen-bond acceptors (Lipinski definition) is 3.